The van der Waals surface area contributed by atoms with E-state index in [0.717, 1.165) is 32.2 Å². The first-order valence-electron chi connectivity index (χ1n) is 7.86. The van der Waals surface area contributed by atoms with Crippen molar-refractivity contribution in [2.45, 2.75) is 6.92 Å². The van der Waals surface area contributed by atoms with Crippen molar-refractivity contribution in [3.05, 3.63) is 71.1 Å². The maximum absolute atomic E-state index is 12.4. The molecule has 0 aliphatic rings. The standard InChI is InChI=1S/C19H13ClN4OS/c1-11-10-12(18-24-15-5-3-9-22-19(15)26-18)6-7-14(11)23-17(25)13-4-2-8-21-16(13)20/h2-10H,1H3,(H,23,25). The smallest absolute Gasteiger partial charge is 0.258 e. The van der Waals surface area contributed by atoms with Crippen LogP contribution in [0, 0.1) is 6.92 Å². The zero-order valence-electron chi connectivity index (χ0n) is 13.7. The van der Waals surface area contributed by atoms with E-state index < -0.39 is 0 Å². The zero-order chi connectivity index (χ0) is 18.1. The van der Waals surface area contributed by atoms with E-state index in [1.54, 1.807) is 35.9 Å². The highest BCUT2D eigenvalue weighted by Gasteiger charge is 2.13. The minimum atomic E-state index is -0.289. The average Bonchev–Trinajstić information content (AvgIpc) is 3.08. The number of aryl methyl sites for hydroxylation is 1. The molecule has 0 spiro atoms. The molecule has 26 heavy (non-hydrogen) atoms. The van der Waals surface area contributed by atoms with Crippen LogP contribution in [0.1, 0.15) is 15.9 Å². The Balaban J connectivity index is 1.62. The van der Waals surface area contributed by atoms with Crippen LogP contribution in [0.3, 0.4) is 0 Å². The number of hydrogen-bond donors (Lipinski definition) is 1. The van der Waals surface area contributed by atoms with Gasteiger partial charge in [-0.2, -0.15) is 0 Å². The van der Waals surface area contributed by atoms with E-state index in [0.29, 0.717) is 5.56 Å². The van der Waals surface area contributed by atoms with Crippen molar-refractivity contribution in [2.24, 2.45) is 0 Å². The Bertz CT molecular complexity index is 1090. The van der Waals surface area contributed by atoms with E-state index >= 15 is 0 Å². The largest absolute Gasteiger partial charge is 0.322 e. The molecule has 5 nitrogen and oxygen atoms in total. The fourth-order valence-electron chi connectivity index (χ4n) is 2.58. The molecule has 4 rings (SSSR count). The number of carbonyl (C=O) groups is 1. The first-order chi connectivity index (χ1) is 12.6. The number of pyridine rings is 2. The van der Waals surface area contributed by atoms with Crippen LogP contribution in [-0.2, 0) is 0 Å². The Kier molecular flexibility index (Phi) is 4.36. The predicted octanol–water partition coefficient (Wildman–Crippen LogP) is 4.97. The lowest BCUT2D eigenvalue weighted by Crippen LogP contribution is -2.13. The quantitative estimate of drug-likeness (QED) is 0.509. The van der Waals surface area contributed by atoms with Crippen molar-refractivity contribution in [1.82, 2.24) is 15.0 Å². The van der Waals surface area contributed by atoms with Crippen LogP contribution >= 0.6 is 22.9 Å². The van der Waals surface area contributed by atoms with E-state index in [2.05, 4.69) is 20.3 Å². The molecule has 0 aliphatic heterocycles. The molecule has 1 aromatic carbocycles. The normalized spacial score (nSPS) is 10.8. The number of anilines is 1. The van der Waals surface area contributed by atoms with Crippen LogP contribution < -0.4 is 5.32 Å². The molecule has 0 unspecified atom stereocenters. The zero-order valence-corrected chi connectivity index (χ0v) is 15.3. The molecule has 0 aliphatic carbocycles. The summed E-state index contributed by atoms with van der Waals surface area (Å²) in [6.45, 7) is 1.94. The Morgan fingerprint density at radius 3 is 2.69 bits per heavy atom. The maximum Gasteiger partial charge on any atom is 0.258 e. The summed E-state index contributed by atoms with van der Waals surface area (Å²) < 4.78 is 0. The third-order valence-electron chi connectivity index (χ3n) is 3.89. The Morgan fingerprint density at radius 2 is 1.92 bits per heavy atom. The molecule has 3 heterocycles. The molecular formula is C19H13ClN4OS. The molecule has 0 radical (unpaired) electrons. The molecule has 4 aromatic rings. The predicted molar refractivity (Wildman–Crippen MR) is 105 cm³/mol. The summed E-state index contributed by atoms with van der Waals surface area (Å²) in [5, 5.41) is 3.96. The van der Waals surface area contributed by atoms with Crippen LogP contribution in [0.2, 0.25) is 5.15 Å². The fourth-order valence-corrected chi connectivity index (χ4v) is 3.68. The molecule has 7 heteroatoms. The van der Waals surface area contributed by atoms with Gasteiger partial charge in [0.2, 0.25) is 0 Å². The van der Waals surface area contributed by atoms with Gasteiger partial charge in [0.05, 0.1) is 5.56 Å². The van der Waals surface area contributed by atoms with E-state index in [1.165, 1.54) is 0 Å². The van der Waals surface area contributed by atoms with Crippen molar-refractivity contribution in [3.63, 3.8) is 0 Å². The number of fused-ring (bicyclic) bond motifs is 1. The van der Waals surface area contributed by atoms with E-state index in [4.69, 9.17) is 11.6 Å². The van der Waals surface area contributed by atoms with Crippen molar-refractivity contribution >= 4 is 44.9 Å². The van der Waals surface area contributed by atoms with Crippen molar-refractivity contribution in [2.75, 3.05) is 5.32 Å². The molecule has 0 saturated carbocycles. The molecule has 0 saturated heterocycles. The number of hydrogen-bond acceptors (Lipinski definition) is 5. The molecule has 128 valence electrons. The van der Waals surface area contributed by atoms with E-state index in [1.807, 2.05) is 37.3 Å². The number of carbonyl (C=O) groups excluding carboxylic acids is 1. The summed E-state index contributed by atoms with van der Waals surface area (Å²) in [7, 11) is 0. The van der Waals surface area contributed by atoms with E-state index in [9.17, 15) is 4.79 Å². The van der Waals surface area contributed by atoms with Gasteiger partial charge in [0.25, 0.3) is 5.91 Å². The second-order valence-corrected chi connectivity index (χ2v) is 7.01. The van der Waals surface area contributed by atoms with Gasteiger partial charge in [-0.3, -0.25) is 4.79 Å². The maximum atomic E-state index is 12.4. The Morgan fingerprint density at radius 1 is 1.12 bits per heavy atom. The van der Waals surface area contributed by atoms with E-state index in [-0.39, 0.29) is 11.1 Å². The van der Waals surface area contributed by atoms with Gasteiger partial charge in [-0.05, 0) is 55.0 Å². The van der Waals surface area contributed by atoms with Crippen molar-refractivity contribution < 1.29 is 4.79 Å². The number of aromatic nitrogens is 3. The topological polar surface area (TPSA) is 67.8 Å². The third kappa shape index (κ3) is 3.16. The monoisotopic (exact) mass is 380 g/mol. The summed E-state index contributed by atoms with van der Waals surface area (Å²) >= 11 is 7.53. The Hall–Kier alpha value is -2.83. The lowest BCUT2D eigenvalue weighted by atomic mass is 10.1. The number of rotatable bonds is 3. The average molecular weight is 381 g/mol. The molecule has 1 N–H and O–H groups in total. The van der Waals surface area contributed by atoms with Crippen molar-refractivity contribution in [1.29, 1.82) is 0 Å². The summed E-state index contributed by atoms with van der Waals surface area (Å²) in [4.78, 5) is 26.2. The van der Waals surface area contributed by atoms with Gasteiger partial charge in [0.1, 0.15) is 20.5 Å². The van der Waals surface area contributed by atoms with Crippen LogP contribution in [0.5, 0.6) is 0 Å². The fraction of sp³-hybridized carbons (Fsp3) is 0.0526. The highest BCUT2D eigenvalue weighted by atomic mass is 35.5. The summed E-state index contributed by atoms with van der Waals surface area (Å²) in [5.74, 6) is -0.289. The Labute approximate surface area is 158 Å². The second-order valence-electron chi connectivity index (χ2n) is 5.67. The van der Waals surface area contributed by atoms with Gasteiger partial charge < -0.3 is 5.32 Å². The summed E-state index contributed by atoms with van der Waals surface area (Å²) in [6, 6.07) is 12.9. The number of amides is 1. The van der Waals surface area contributed by atoms with Crippen LogP contribution in [0.4, 0.5) is 5.69 Å². The van der Waals surface area contributed by atoms with Crippen LogP contribution in [0.15, 0.2) is 54.9 Å². The summed E-state index contributed by atoms with van der Waals surface area (Å²) in [5.41, 5.74) is 3.87. The van der Waals surface area contributed by atoms with Gasteiger partial charge >= 0.3 is 0 Å². The SMILES string of the molecule is Cc1cc(-c2nc3cccnc3s2)ccc1NC(=O)c1cccnc1Cl. The molecule has 0 atom stereocenters. The molecule has 0 bridgehead atoms. The molecular weight excluding hydrogens is 368 g/mol. The van der Waals surface area contributed by atoms with Crippen molar-refractivity contribution in [3.8, 4) is 10.6 Å². The van der Waals surface area contributed by atoms with Gasteiger partial charge in [0, 0.05) is 23.6 Å². The van der Waals surface area contributed by atoms with Gasteiger partial charge in [-0.25, -0.2) is 15.0 Å². The first-order valence-corrected chi connectivity index (χ1v) is 9.06. The minimum absolute atomic E-state index is 0.182. The second kappa shape index (κ2) is 6.82. The number of thiazole rings is 1. The van der Waals surface area contributed by atoms with Gasteiger partial charge in [0.15, 0.2) is 0 Å². The summed E-state index contributed by atoms with van der Waals surface area (Å²) in [6.07, 6.45) is 3.31. The molecule has 1 amide bonds. The number of benzene rings is 1. The molecule has 3 aromatic heterocycles. The van der Waals surface area contributed by atoms with Crippen LogP contribution in [0.25, 0.3) is 20.9 Å². The van der Waals surface area contributed by atoms with Gasteiger partial charge in [-0.15, -0.1) is 0 Å². The lowest BCUT2D eigenvalue weighted by Gasteiger charge is -2.10. The van der Waals surface area contributed by atoms with Crippen LogP contribution in [-0.4, -0.2) is 20.9 Å². The van der Waals surface area contributed by atoms with Gasteiger partial charge in [-0.1, -0.05) is 22.9 Å². The first kappa shape index (κ1) is 16.6. The highest BCUT2D eigenvalue weighted by molar-refractivity contribution is 7.21. The number of nitrogens with zero attached hydrogens (tertiary/aromatic N) is 3. The number of nitrogens with one attached hydrogen (secondary N) is 1. The number of halogens is 1. The highest BCUT2D eigenvalue weighted by Crippen LogP contribution is 2.31. The third-order valence-corrected chi connectivity index (χ3v) is 5.22. The minimum Gasteiger partial charge on any atom is -0.322 e. The molecule has 0 fully saturated rings. The lowest BCUT2D eigenvalue weighted by molar-refractivity contribution is 0.102.